The van der Waals surface area contributed by atoms with Gasteiger partial charge in [-0.05, 0) is 53.8 Å². The summed E-state index contributed by atoms with van der Waals surface area (Å²) >= 11 is 4.15. The van der Waals surface area contributed by atoms with Crippen LogP contribution in [-0.4, -0.2) is 6.04 Å². The highest BCUT2D eigenvalue weighted by atomic mass is 127. The van der Waals surface area contributed by atoms with E-state index in [1.807, 2.05) is 23.5 Å². The molecule has 1 N–H and O–H groups in total. The first kappa shape index (κ1) is 15.8. The third kappa shape index (κ3) is 4.75. The predicted octanol–water partition coefficient (Wildman–Crippen LogP) is 4.74. The number of ether oxygens (including phenoxy) is 1. The Hall–Kier alpha value is -0.590. The van der Waals surface area contributed by atoms with Gasteiger partial charge in [-0.1, -0.05) is 19.9 Å². The van der Waals surface area contributed by atoms with Crippen molar-refractivity contribution >= 4 is 33.9 Å². The summed E-state index contributed by atoms with van der Waals surface area (Å²) in [6, 6.07) is 10.9. The van der Waals surface area contributed by atoms with E-state index in [4.69, 9.17) is 4.74 Å². The fourth-order valence-corrected chi connectivity index (χ4v) is 3.35. The molecule has 0 spiro atoms. The summed E-state index contributed by atoms with van der Waals surface area (Å²) in [5, 5.41) is 3.45. The maximum absolute atomic E-state index is 5.87. The Bertz CT molecular complexity index is 565. The zero-order valence-electron chi connectivity index (χ0n) is 12.1. The van der Waals surface area contributed by atoms with Crippen molar-refractivity contribution in [3.8, 4) is 5.75 Å². The Kier molecular flexibility index (Phi) is 5.86. The van der Waals surface area contributed by atoms with Gasteiger partial charge in [-0.25, -0.2) is 0 Å². The van der Waals surface area contributed by atoms with Crippen molar-refractivity contribution in [3.63, 3.8) is 0 Å². The first-order valence-electron chi connectivity index (χ1n) is 6.74. The van der Waals surface area contributed by atoms with Crippen LogP contribution in [0.25, 0.3) is 0 Å². The molecule has 0 aliphatic carbocycles. The van der Waals surface area contributed by atoms with Gasteiger partial charge in [-0.15, -0.1) is 11.3 Å². The van der Waals surface area contributed by atoms with E-state index in [9.17, 15) is 0 Å². The van der Waals surface area contributed by atoms with Crippen LogP contribution < -0.4 is 10.1 Å². The normalized spacial score (nSPS) is 11.1. The maximum Gasteiger partial charge on any atom is 0.120 e. The molecule has 0 amide bonds. The minimum Gasteiger partial charge on any atom is -0.489 e. The van der Waals surface area contributed by atoms with Crippen LogP contribution >= 0.6 is 33.9 Å². The van der Waals surface area contributed by atoms with Gasteiger partial charge in [0.15, 0.2) is 0 Å². The Balaban J connectivity index is 1.96. The van der Waals surface area contributed by atoms with E-state index in [1.54, 1.807) is 0 Å². The average Bonchev–Trinajstić information content (AvgIpc) is 2.75. The fraction of sp³-hybridized carbons (Fsp3) is 0.375. The lowest BCUT2D eigenvalue weighted by Crippen LogP contribution is -2.21. The molecule has 1 aromatic heterocycles. The van der Waals surface area contributed by atoms with Crippen molar-refractivity contribution < 1.29 is 4.74 Å². The molecule has 2 nitrogen and oxygen atoms in total. The molecule has 1 heterocycles. The van der Waals surface area contributed by atoms with Gasteiger partial charge < -0.3 is 10.1 Å². The molecular weight excluding hydrogens is 381 g/mol. The van der Waals surface area contributed by atoms with Gasteiger partial charge in [0.25, 0.3) is 0 Å². The van der Waals surface area contributed by atoms with Gasteiger partial charge in [0.2, 0.25) is 0 Å². The zero-order valence-corrected chi connectivity index (χ0v) is 15.0. The number of hydrogen-bond acceptors (Lipinski definition) is 3. The topological polar surface area (TPSA) is 21.3 Å². The quantitative estimate of drug-likeness (QED) is 0.707. The van der Waals surface area contributed by atoms with Crippen LogP contribution in [0.3, 0.4) is 0 Å². The van der Waals surface area contributed by atoms with Gasteiger partial charge in [-0.2, -0.15) is 0 Å². The van der Waals surface area contributed by atoms with Crippen LogP contribution in [0.5, 0.6) is 5.75 Å². The van der Waals surface area contributed by atoms with Crippen LogP contribution in [0.15, 0.2) is 30.3 Å². The summed E-state index contributed by atoms with van der Waals surface area (Å²) in [4.78, 5) is 2.72. The summed E-state index contributed by atoms with van der Waals surface area (Å²) in [7, 11) is 0. The monoisotopic (exact) mass is 401 g/mol. The second-order valence-corrected chi connectivity index (χ2v) is 7.66. The SMILES string of the molecule is Cc1sc(CNC(C)C)cc1COc1cccc(I)c1. The Labute approximate surface area is 138 Å². The number of halogens is 1. The second kappa shape index (κ2) is 7.43. The van der Waals surface area contributed by atoms with Crippen LogP contribution in [0, 0.1) is 10.5 Å². The highest BCUT2D eigenvalue weighted by molar-refractivity contribution is 14.1. The summed E-state index contributed by atoms with van der Waals surface area (Å²) in [6.45, 7) is 8.08. The van der Waals surface area contributed by atoms with E-state index >= 15 is 0 Å². The number of thiophene rings is 1. The van der Waals surface area contributed by atoms with E-state index < -0.39 is 0 Å². The summed E-state index contributed by atoms with van der Waals surface area (Å²) in [6.07, 6.45) is 0. The molecule has 1 aromatic carbocycles. The molecule has 0 unspecified atom stereocenters. The molecule has 0 saturated heterocycles. The van der Waals surface area contributed by atoms with E-state index in [1.165, 1.54) is 18.9 Å². The van der Waals surface area contributed by atoms with Crippen LogP contribution in [-0.2, 0) is 13.2 Å². The molecule has 20 heavy (non-hydrogen) atoms. The number of aryl methyl sites for hydroxylation is 1. The highest BCUT2D eigenvalue weighted by Gasteiger charge is 2.07. The predicted molar refractivity (Wildman–Crippen MR) is 94.5 cm³/mol. The van der Waals surface area contributed by atoms with E-state index in [2.05, 4.69) is 66.9 Å². The van der Waals surface area contributed by atoms with Crippen molar-refractivity contribution in [3.05, 3.63) is 49.2 Å². The maximum atomic E-state index is 5.87. The van der Waals surface area contributed by atoms with E-state index in [0.29, 0.717) is 12.6 Å². The van der Waals surface area contributed by atoms with Gasteiger partial charge in [0.05, 0.1) is 0 Å². The summed E-state index contributed by atoms with van der Waals surface area (Å²) in [5.74, 6) is 0.935. The molecule has 0 atom stereocenters. The number of benzene rings is 1. The fourth-order valence-electron chi connectivity index (χ4n) is 1.84. The van der Waals surface area contributed by atoms with Gasteiger partial charge in [0, 0.05) is 31.5 Å². The largest absolute Gasteiger partial charge is 0.489 e. The van der Waals surface area contributed by atoms with E-state index in [0.717, 1.165) is 12.3 Å². The van der Waals surface area contributed by atoms with Crippen molar-refractivity contribution in [2.24, 2.45) is 0 Å². The zero-order chi connectivity index (χ0) is 14.5. The van der Waals surface area contributed by atoms with Crippen LogP contribution in [0.1, 0.15) is 29.2 Å². The van der Waals surface area contributed by atoms with Crippen molar-refractivity contribution in [2.75, 3.05) is 0 Å². The van der Waals surface area contributed by atoms with Crippen molar-refractivity contribution in [1.82, 2.24) is 5.32 Å². The lowest BCUT2D eigenvalue weighted by atomic mass is 10.2. The van der Waals surface area contributed by atoms with Gasteiger partial charge >= 0.3 is 0 Å². The molecule has 0 aliphatic rings. The smallest absolute Gasteiger partial charge is 0.120 e. The van der Waals surface area contributed by atoms with Gasteiger partial charge in [-0.3, -0.25) is 0 Å². The highest BCUT2D eigenvalue weighted by Crippen LogP contribution is 2.24. The third-order valence-corrected chi connectivity index (χ3v) is 4.71. The molecule has 0 radical (unpaired) electrons. The van der Waals surface area contributed by atoms with E-state index in [-0.39, 0.29) is 0 Å². The van der Waals surface area contributed by atoms with Crippen LogP contribution in [0.2, 0.25) is 0 Å². The minimum atomic E-state index is 0.517. The molecule has 0 fully saturated rings. The molecule has 0 saturated carbocycles. The molecule has 0 aliphatic heterocycles. The van der Waals surface area contributed by atoms with Crippen molar-refractivity contribution in [1.29, 1.82) is 0 Å². The number of rotatable bonds is 6. The van der Waals surface area contributed by atoms with Gasteiger partial charge in [0.1, 0.15) is 12.4 Å². The molecule has 0 bridgehead atoms. The first-order chi connectivity index (χ1) is 9.54. The molecule has 108 valence electrons. The summed E-state index contributed by atoms with van der Waals surface area (Å²) in [5.41, 5.74) is 1.29. The van der Waals surface area contributed by atoms with Crippen molar-refractivity contribution in [2.45, 2.75) is 40.0 Å². The number of nitrogens with one attached hydrogen (secondary N) is 1. The summed E-state index contributed by atoms with van der Waals surface area (Å²) < 4.78 is 7.07. The number of hydrogen-bond donors (Lipinski definition) is 1. The molecule has 2 rings (SSSR count). The molecular formula is C16H20INOS. The first-order valence-corrected chi connectivity index (χ1v) is 8.64. The minimum absolute atomic E-state index is 0.517. The van der Waals surface area contributed by atoms with Crippen LogP contribution in [0.4, 0.5) is 0 Å². The third-order valence-electron chi connectivity index (χ3n) is 2.95. The Morgan fingerprint density at radius 1 is 1.30 bits per heavy atom. The molecule has 2 aromatic rings. The average molecular weight is 401 g/mol. The second-order valence-electron chi connectivity index (χ2n) is 5.08. The molecule has 4 heteroatoms. The lowest BCUT2D eigenvalue weighted by molar-refractivity contribution is 0.306. The Morgan fingerprint density at radius 2 is 2.10 bits per heavy atom. The Morgan fingerprint density at radius 3 is 2.80 bits per heavy atom. The lowest BCUT2D eigenvalue weighted by Gasteiger charge is -2.06. The standard InChI is InChI=1S/C16H20INOS/c1-11(2)18-9-16-7-13(12(3)20-16)10-19-15-6-4-5-14(17)8-15/h4-8,11,18H,9-10H2,1-3H3.